The average Bonchev–Trinajstić information content (AvgIpc) is 2.54. The Kier molecular flexibility index (Phi) is 4.85. The topological polar surface area (TPSA) is 70.7 Å². The number of esters is 1. The fraction of sp³-hybridized carbons (Fsp3) is 0.444. The molecule has 0 fully saturated rings. The van der Waals surface area contributed by atoms with E-state index in [4.69, 9.17) is 4.74 Å². The van der Waals surface area contributed by atoms with Crippen LogP contribution in [0.25, 0.3) is 0 Å². The van der Waals surface area contributed by atoms with Crippen molar-refractivity contribution in [2.24, 2.45) is 0 Å². The summed E-state index contributed by atoms with van der Waals surface area (Å²) in [6.45, 7) is 6.13. The molecule has 1 unspecified atom stereocenters. The van der Waals surface area contributed by atoms with Crippen LogP contribution in [0.1, 0.15) is 25.0 Å². The van der Waals surface area contributed by atoms with Crippen LogP contribution in [-0.4, -0.2) is 42.6 Å². The summed E-state index contributed by atoms with van der Waals surface area (Å²) in [4.78, 5) is 26.3. The highest BCUT2D eigenvalue weighted by Crippen LogP contribution is 2.21. The van der Waals surface area contributed by atoms with E-state index in [1.54, 1.807) is 13.8 Å². The summed E-state index contributed by atoms with van der Waals surface area (Å²) in [6, 6.07) is 7.76. The van der Waals surface area contributed by atoms with E-state index in [1.807, 2.05) is 6.07 Å². The first-order chi connectivity index (χ1) is 11.6. The Morgan fingerprint density at radius 3 is 2.83 bits per heavy atom. The minimum Gasteiger partial charge on any atom is -0.463 e. The Morgan fingerprint density at radius 2 is 2.08 bits per heavy atom. The number of nitrogens with one attached hydrogen (secondary N) is 2. The summed E-state index contributed by atoms with van der Waals surface area (Å²) in [6.07, 6.45) is 0.972. The van der Waals surface area contributed by atoms with E-state index in [-0.39, 0.29) is 18.0 Å². The molecule has 2 N–H and O–H groups in total. The highest BCUT2D eigenvalue weighted by Gasteiger charge is 2.31. The number of fused-ring (bicyclic) bond motifs is 1. The second-order valence-corrected chi connectivity index (χ2v) is 6.16. The number of carbonyl (C=O) groups excluding carboxylic acids is 2. The van der Waals surface area contributed by atoms with Crippen molar-refractivity contribution in [3.05, 3.63) is 46.7 Å². The van der Waals surface area contributed by atoms with Crippen molar-refractivity contribution in [2.45, 2.75) is 32.9 Å². The number of hydrogen-bond acceptors (Lipinski definition) is 4. The SMILES string of the molecule is CCOC(=O)C1=C(CN2CCc3ccccc3C2)NC(=O)NC1C. The molecule has 0 aliphatic carbocycles. The molecule has 0 bridgehead atoms. The summed E-state index contributed by atoms with van der Waals surface area (Å²) < 4.78 is 5.16. The summed E-state index contributed by atoms with van der Waals surface area (Å²) in [5.41, 5.74) is 3.82. The van der Waals surface area contributed by atoms with E-state index >= 15 is 0 Å². The van der Waals surface area contributed by atoms with Crippen molar-refractivity contribution in [1.29, 1.82) is 0 Å². The molecule has 2 aliphatic heterocycles. The van der Waals surface area contributed by atoms with E-state index in [0.717, 1.165) is 19.5 Å². The lowest BCUT2D eigenvalue weighted by molar-refractivity contribution is -0.139. The molecule has 0 saturated carbocycles. The standard InChI is InChI=1S/C18H23N3O3/c1-3-24-17(22)16-12(2)19-18(23)20-15(16)11-21-9-8-13-6-4-5-7-14(13)10-21/h4-7,12H,3,8-11H2,1-2H3,(H2,19,20,23). The van der Waals surface area contributed by atoms with Crippen molar-refractivity contribution in [3.8, 4) is 0 Å². The maximum atomic E-state index is 12.3. The van der Waals surface area contributed by atoms with Gasteiger partial charge in [-0.05, 0) is 31.4 Å². The van der Waals surface area contributed by atoms with Gasteiger partial charge in [-0.25, -0.2) is 9.59 Å². The molecule has 6 heteroatoms. The van der Waals surface area contributed by atoms with Crippen molar-refractivity contribution in [3.63, 3.8) is 0 Å². The van der Waals surface area contributed by atoms with Gasteiger partial charge in [-0.2, -0.15) is 0 Å². The number of nitrogens with zero attached hydrogens (tertiary/aromatic N) is 1. The van der Waals surface area contributed by atoms with Gasteiger partial charge in [0.15, 0.2) is 0 Å². The molecule has 2 aliphatic rings. The Labute approximate surface area is 141 Å². The number of urea groups is 1. The number of carbonyl (C=O) groups is 2. The number of amides is 2. The average molecular weight is 329 g/mol. The van der Waals surface area contributed by atoms with E-state index in [1.165, 1.54) is 11.1 Å². The zero-order valence-corrected chi connectivity index (χ0v) is 14.1. The molecule has 2 heterocycles. The molecule has 0 aromatic heterocycles. The van der Waals surface area contributed by atoms with Gasteiger partial charge in [-0.3, -0.25) is 4.90 Å². The number of rotatable bonds is 4. The van der Waals surface area contributed by atoms with Crippen LogP contribution >= 0.6 is 0 Å². The van der Waals surface area contributed by atoms with E-state index < -0.39 is 0 Å². The highest BCUT2D eigenvalue weighted by atomic mass is 16.5. The minimum absolute atomic E-state index is 0.275. The van der Waals surface area contributed by atoms with Crippen molar-refractivity contribution in [2.75, 3.05) is 19.7 Å². The third-order valence-corrected chi connectivity index (χ3v) is 4.46. The highest BCUT2D eigenvalue weighted by molar-refractivity contribution is 5.94. The summed E-state index contributed by atoms with van der Waals surface area (Å²) in [7, 11) is 0. The lowest BCUT2D eigenvalue weighted by Gasteiger charge is -2.33. The Morgan fingerprint density at radius 1 is 1.33 bits per heavy atom. The summed E-state index contributed by atoms with van der Waals surface area (Å²) in [5.74, 6) is -0.370. The fourth-order valence-corrected chi connectivity index (χ4v) is 3.32. The van der Waals surface area contributed by atoms with E-state index in [2.05, 4.69) is 33.7 Å². The number of hydrogen-bond donors (Lipinski definition) is 2. The van der Waals surface area contributed by atoms with Crippen LogP contribution < -0.4 is 10.6 Å². The molecule has 2 amide bonds. The first-order valence-corrected chi connectivity index (χ1v) is 8.35. The monoisotopic (exact) mass is 329 g/mol. The Balaban J connectivity index is 1.81. The lowest BCUT2D eigenvalue weighted by Crippen LogP contribution is -2.51. The van der Waals surface area contributed by atoms with Crippen molar-refractivity contribution < 1.29 is 14.3 Å². The first kappa shape index (κ1) is 16.5. The van der Waals surface area contributed by atoms with Gasteiger partial charge in [0.1, 0.15) is 0 Å². The van der Waals surface area contributed by atoms with Gasteiger partial charge < -0.3 is 15.4 Å². The predicted molar refractivity (Wildman–Crippen MR) is 90.2 cm³/mol. The molecular formula is C18H23N3O3. The quantitative estimate of drug-likeness (QED) is 0.823. The molecule has 3 rings (SSSR count). The van der Waals surface area contributed by atoms with Crippen molar-refractivity contribution >= 4 is 12.0 Å². The van der Waals surface area contributed by atoms with Crippen LogP contribution in [0.3, 0.4) is 0 Å². The molecule has 0 spiro atoms. The normalized spacial score (nSPS) is 20.9. The third kappa shape index (κ3) is 3.43. The minimum atomic E-state index is -0.370. The van der Waals surface area contributed by atoms with Gasteiger partial charge in [-0.15, -0.1) is 0 Å². The molecule has 1 atom stereocenters. The third-order valence-electron chi connectivity index (χ3n) is 4.46. The molecule has 24 heavy (non-hydrogen) atoms. The number of benzene rings is 1. The zero-order valence-electron chi connectivity index (χ0n) is 14.1. The van der Waals surface area contributed by atoms with Gasteiger partial charge in [-0.1, -0.05) is 24.3 Å². The van der Waals surface area contributed by atoms with Gasteiger partial charge in [0.25, 0.3) is 0 Å². The zero-order chi connectivity index (χ0) is 17.1. The van der Waals surface area contributed by atoms with Crippen LogP contribution in [0.5, 0.6) is 0 Å². The second-order valence-electron chi connectivity index (χ2n) is 6.16. The lowest BCUT2D eigenvalue weighted by atomic mass is 9.98. The molecule has 1 aromatic carbocycles. The molecule has 1 aromatic rings. The smallest absolute Gasteiger partial charge is 0.337 e. The first-order valence-electron chi connectivity index (χ1n) is 8.35. The Bertz CT molecular complexity index is 684. The summed E-state index contributed by atoms with van der Waals surface area (Å²) >= 11 is 0. The van der Waals surface area contributed by atoms with E-state index in [0.29, 0.717) is 24.4 Å². The molecular weight excluding hydrogens is 306 g/mol. The van der Waals surface area contributed by atoms with Gasteiger partial charge >= 0.3 is 12.0 Å². The fourth-order valence-electron chi connectivity index (χ4n) is 3.32. The maximum absolute atomic E-state index is 12.3. The van der Waals surface area contributed by atoms with Crippen molar-refractivity contribution in [1.82, 2.24) is 15.5 Å². The molecule has 128 valence electrons. The van der Waals surface area contributed by atoms with Crippen LogP contribution in [0.4, 0.5) is 4.79 Å². The van der Waals surface area contributed by atoms with Crippen LogP contribution in [-0.2, 0) is 22.5 Å². The Hall–Kier alpha value is -2.34. The van der Waals surface area contributed by atoms with Gasteiger partial charge in [0, 0.05) is 25.3 Å². The van der Waals surface area contributed by atoms with Crippen LogP contribution in [0.15, 0.2) is 35.5 Å². The largest absolute Gasteiger partial charge is 0.463 e. The van der Waals surface area contributed by atoms with Crippen LogP contribution in [0, 0.1) is 0 Å². The van der Waals surface area contributed by atoms with Crippen LogP contribution in [0.2, 0.25) is 0 Å². The number of ether oxygens (including phenoxy) is 1. The van der Waals surface area contributed by atoms with E-state index in [9.17, 15) is 9.59 Å². The predicted octanol–water partition coefficient (Wildman–Crippen LogP) is 1.56. The molecule has 6 nitrogen and oxygen atoms in total. The summed E-state index contributed by atoms with van der Waals surface area (Å²) in [5, 5.41) is 5.52. The molecule has 0 radical (unpaired) electrons. The second kappa shape index (κ2) is 7.05. The molecule has 0 saturated heterocycles. The van der Waals surface area contributed by atoms with Gasteiger partial charge in [0.2, 0.25) is 0 Å². The van der Waals surface area contributed by atoms with Gasteiger partial charge in [0.05, 0.1) is 18.2 Å². The maximum Gasteiger partial charge on any atom is 0.337 e.